The Morgan fingerprint density at radius 3 is 2.68 bits per heavy atom. The molecule has 1 amide bonds. The molecule has 2 fully saturated rings. The number of halogens is 1. The van der Waals surface area contributed by atoms with Crippen LogP contribution in [-0.4, -0.2) is 25.6 Å². The number of rotatable bonds is 5. The summed E-state index contributed by atoms with van der Waals surface area (Å²) >= 11 is 1.31. The van der Waals surface area contributed by atoms with Gasteiger partial charge in [-0.05, 0) is 24.3 Å². The van der Waals surface area contributed by atoms with E-state index in [9.17, 15) is 13.2 Å². The maximum atomic E-state index is 15.3. The van der Waals surface area contributed by atoms with E-state index < -0.39 is 21.1 Å². The van der Waals surface area contributed by atoms with E-state index in [4.69, 9.17) is 0 Å². The molecule has 2 aliphatic carbocycles. The Labute approximate surface area is 168 Å². The third-order valence-corrected chi connectivity index (χ3v) is 7.94. The van der Waals surface area contributed by atoms with Crippen LogP contribution >= 0.6 is 11.3 Å². The first-order valence-corrected chi connectivity index (χ1v) is 12.3. The molecule has 2 aromatic rings. The molecule has 0 spiro atoms. The third-order valence-electron chi connectivity index (χ3n) is 6.13. The average Bonchev–Trinajstić information content (AvgIpc) is 3.22. The highest BCUT2D eigenvalue weighted by atomic mass is 32.2. The zero-order valence-corrected chi connectivity index (χ0v) is 17.3. The highest BCUT2D eigenvalue weighted by molar-refractivity contribution is 7.90. The van der Waals surface area contributed by atoms with Crippen molar-refractivity contribution in [1.82, 2.24) is 4.98 Å². The van der Waals surface area contributed by atoms with Crippen LogP contribution in [0.4, 0.5) is 9.52 Å². The van der Waals surface area contributed by atoms with Gasteiger partial charge in [0.25, 0.3) is 0 Å². The smallest absolute Gasteiger partial charge is 0.237 e. The van der Waals surface area contributed by atoms with E-state index in [1.807, 2.05) is 0 Å². The molecule has 4 rings (SSSR count). The number of anilines is 1. The van der Waals surface area contributed by atoms with Crippen molar-refractivity contribution in [3.8, 4) is 0 Å². The molecule has 1 N–H and O–H groups in total. The molecular formula is C20H23FN2O3S2. The molecule has 2 saturated carbocycles. The van der Waals surface area contributed by atoms with Crippen LogP contribution in [0.2, 0.25) is 0 Å². The van der Waals surface area contributed by atoms with Crippen LogP contribution in [0, 0.1) is 17.7 Å². The van der Waals surface area contributed by atoms with Crippen molar-refractivity contribution < 1.29 is 17.6 Å². The van der Waals surface area contributed by atoms with Crippen molar-refractivity contribution in [2.24, 2.45) is 11.8 Å². The minimum Gasteiger partial charge on any atom is -0.301 e. The summed E-state index contributed by atoms with van der Waals surface area (Å²) in [5, 5.41) is 5.06. The highest BCUT2D eigenvalue weighted by Gasteiger charge is 2.64. The van der Waals surface area contributed by atoms with Crippen LogP contribution in [0.15, 0.2) is 34.7 Å². The Morgan fingerprint density at radius 2 is 2.04 bits per heavy atom. The fraction of sp³-hybridized carbons (Fsp3) is 0.500. The van der Waals surface area contributed by atoms with E-state index >= 15 is 4.39 Å². The summed E-state index contributed by atoms with van der Waals surface area (Å²) in [7, 11) is -3.72. The SMILES string of the molecule is CS(=O)(=O)c1cccc([C@@]2(C(=O)Nc3nccs3)C[C@H]2C2CCCCC2)c1F. The monoisotopic (exact) mass is 422 g/mol. The number of nitrogens with zero attached hydrogens (tertiary/aromatic N) is 1. The second-order valence-electron chi connectivity index (χ2n) is 7.86. The van der Waals surface area contributed by atoms with Crippen LogP contribution in [0.1, 0.15) is 44.1 Å². The van der Waals surface area contributed by atoms with Crippen molar-refractivity contribution >= 4 is 32.2 Å². The number of benzene rings is 1. The predicted octanol–water partition coefficient (Wildman–Crippen LogP) is 4.16. The van der Waals surface area contributed by atoms with Crippen LogP contribution in [0.25, 0.3) is 0 Å². The summed E-state index contributed by atoms with van der Waals surface area (Å²) in [6, 6.07) is 4.36. The molecule has 1 aromatic carbocycles. The van der Waals surface area contributed by atoms with Gasteiger partial charge in [0.2, 0.25) is 5.91 Å². The summed E-state index contributed by atoms with van der Waals surface area (Å²) in [5.41, 5.74) is -0.835. The number of carbonyl (C=O) groups is 1. The Balaban J connectivity index is 1.76. The van der Waals surface area contributed by atoms with Crippen molar-refractivity contribution in [1.29, 1.82) is 0 Å². The number of thiazole rings is 1. The van der Waals surface area contributed by atoms with E-state index in [0.29, 0.717) is 17.5 Å². The number of sulfone groups is 1. The first kappa shape index (κ1) is 19.5. The van der Waals surface area contributed by atoms with Crippen LogP contribution < -0.4 is 5.32 Å². The van der Waals surface area contributed by atoms with Gasteiger partial charge in [-0.25, -0.2) is 17.8 Å². The van der Waals surface area contributed by atoms with Crippen molar-refractivity contribution in [2.45, 2.75) is 48.8 Å². The van der Waals surface area contributed by atoms with Crippen molar-refractivity contribution in [2.75, 3.05) is 11.6 Å². The molecule has 0 unspecified atom stereocenters. The molecule has 8 heteroatoms. The Bertz CT molecular complexity index is 985. The van der Waals surface area contributed by atoms with Gasteiger partial charge in [-0.2, -0.15) is 0 Å². The molecule has 2 atom stereocenters. The first-order valence-electron chi connectivity index (χ1n) is 9.54. The average molecular weight is 423 g/mol. The summed E-state index contributed by atoms with van der Waals surface area (Å²) < 4.78 is 39.3. The van der Waals surface area contributed by atoms with Crippen LogP contribution in [0.5, 0.6) is 0 Å². The molecule has 2 aliphatic rings. The van der Waals surface area contributed by atoms with Gasteiger partial charge >= 0.3 is 0 Å². The molecular weight excluding hydrogens is 399 g/mol. The van der Waals surface area contributed by atoms with Gasteiger partial charge in [-0.3, -0.25) is 4.79 Å². The molecule has 0 bridgehead atoms. The fourth-order valence-corrected chi connectivity index (χ4v) is 6.01. The van der Waals surface area contributed by atoms with Gasteiger partial charge in [0.05, 0.1) is 5.41 Å². The van der Waals surface area contributed by atoms with Crippen molar-refractivity contribution in [3.63, 3.8) is 0 Å². The largest absolute Gasteiger partial charge is 0.301 e. The maximum Gasteiger partial charge on any atom is 0.237 e. The topological polar surface area (TPSA) is 76.1 Å². The summed E-state index contributed by atoms with van der Waals surface area (Å²) in [4.78, 5) is 17.1. The van der Waals surface area contributed by atoms with Gasteiger partial charge in [-0.1, -0.05) is 44.2 Å². The molecule has 150 valence electrons. The Morgan fingerprint density at radius 1 is 1.29 bits per heavy atom. The lowest BCUT2D eigenvalue weighted by Gasteiger charge is -2.26. The molecule has 0 saturated heterocycles. The molecule has 1 aromatic heterocycles. The van der Waals surface area contributed by atoms with Crippen molar-refractivity contribution in [3.05, 3.63) is 41.2 Å². The first-order chi connectivity index (χ1) is 13.3. The van der Waals surface area contributed by atoms with E-state index in [1.54, 1.807) is 17.6 Å². The lowest BCUT2D eigenvalue weighted by atomic mass is 9.80. The van der Waals surface area contributed by atoms with Gasteiger partial charge in [0, 0.05) is 23.4 Å². The van der Waals surface area contributed by atoms with Gasteiger partial charge < -0.3 is 5.32 Å². The van der Waals surface area contributed by atoms with Crippen LogP contribution in [-0.2, 0) is 20.0 Å². The molecule has 0 aliphatic heterocycles. The quantitative estimate of drug-likeness (QED) is 0.785. The van der Waals surface area contributed by atoms with E-state index in [0.717, 1.165) is 31.9 Å². The Hall–Kier alpha value is -1.80. The Kier molecular flexibility index (Phi) is 5.03. The zero-order valence-electron chi connectivity index (χ0n) is 15.7. The molecule has 5 nitrogen and oxygen atoms in total. The van der Waals surface area contributed by atoms with E-state index in [2.05, 4.69) is 10.3 Å². The minimum atomic E-state index is -3.72. The molecule has 1 heterocycles. The van der Waals surface area contributed by atoms with Crippen LogP contribution in [0.3, 0.4) is 0 Å². The zero-order chi connectivity index (χ0) is 19.9. The second-order valence-corrected chi connectivity index (χ2v) is 10.7. The number of carbonyl (C=O) groups excluding carboxylic acids is 1. The summed E-state index contributed by atoms with van der Waals surface area (Å²) in [6.07, 6.45) is 8.63. The van der Waals surface area contributed by atoms with Gasteiger partial charge in [0.15, 0.2) is 15.0 Å². The normalized spacial score (nSPS) is 25.4. The summed E-state index contributed by atoms with van der Waals surface area (Å²) in [6.45, 7) is 0. The second kappa shape index (κ2) is 7.22. The standard InChI is InChI=1S/C20H23FN2O3S2/c1-28(25,26)16-9-5-8-14(17(16)21)20(18(24)23-19-22-10-11-27-19)12-15(20)13-6-3-2-4-7-13/h5,8-11,13,15H,2-4,6-7,12H2,1H3,(H,22,23,24)/t15-,20-/m0/s1. The van der Waals surface area contributed by atoms with Gasteiger partial charge in [0.1, 0.15) is 10.7 Å². The number of hydrogen-bond donors (Lipinski definition) is 1. The third kappa shape index (κ3) is 3.37. The number of nitrogens with one attached hydrogen (secondary N) is 1. The lowest BCUT2D eigenvalue weighted by Crippen LogP contribution is -2.33. The summed E-state index contributed by atoms with van der Waals surface area (Å²) in [5.74, 6) is -0.700. The number of amides is 1. The predicted molar refractivity (Wildman–Crippen MR) is 107 cm³/mol. The maximum absolute atomic E-state index is 15.3. The fourth-order valence-electron chi connectivity index (χ4n) is 4.72. The van der Waals surface area contributed by atoms with E-state index in [-0.39, 0.29) is 22.3 Å². The van der Waals surface area contributed by atoms with Gasteiger partial charge in [-0.15, -0.1) is 11.3 Å². The molecule has 28 heavy (non-hydrogen) atoms. The highest BCUT2D eigenvalue weighted by Crippen LogP contribution is 2.61. The number of aromatic nitrogens is 1. The minimum absolute atomic E-state index is 0.0251. The lowest BCUT2D eigenvalue weighted by molar-refractivity contribution is -0.119. The molecule has 0 radical (unpaired) electrons. The number of hydrogen-bond acceptors (Lipinski definition) is 5. The van der Waals surface area contributed by atoms with E-state index in [1.165, 1.54) is 29.9 Å².